The molecule has 5 rings (SSSR count). The van der Waals surface area contributed by atoms with Crippen LogP contribution in [0, 0.1) is 23.5 Å². The average molecular weight is 330 g/mol. The third-order valence-corrected chi connectivity index (χ3v) is 5.94. The summed E-state index contributed by atoms with van der Waals surface area (Å²) in [6.45, 7) is 1.65. The highest BCUT2D eigenvalue weighted by atomic mass is 19.1. The van der Waals surface area contributed by atoms with E-state index in [-0.39, 0.29) is 17.5 Å². The van der Waals surface area contributed by atoms with E-state index >= 15 is 0 Å². The number of benzene rings is 1. The van der Waals surface area contributed by atoms with Gasteiger partial charge in [-0.2, -0.15) is 0 Å². The first-order valence-corrected chi connectivity index (χ1v) is 8.55. The summed E-state index contributed by atoms with van der Waals surface area (Å²) in [5.41, 5.74) is 8.82. The predicted molar refractivity (Wildman–Crippen MR) is 87.7 cm³/mol. The van der Waals surface area contributed by atoms with Gasteiger partial charge in [-0.1, -0.05) is 12.1 Å². The summed E-state index contributed by atoms with van der Waals surface area (Å²) in [5, 5.41) is 6.99. The minimum absolute atomic E-state index is 0.0376. The van der Waals surface area contributed by atoms with Gasteiger partial charge in [-0.15, -0.1) is 0 Å². The van der Waals surface area contributed by atoms with Crippen molar-refractivity contribution in [3.8, 4) is 0 Å². The van der Waals surface area contributed by atoms with Crippen molar-refractivity contribution < 1.29 is 8.78 Å². The van der Waals surface area contributed by atoms with E-state index in [1.54, 1.807) is 0 Å². The van der Waals surface area contributed by atoms with Crippen LogP contribution in [-0.4, -0.2) is 31.2 Å². The Balaban J connectivity index is 1.60. The second-order valence-corrected chi connectivity index (χ2v) is 7.08. The molecule has 1 aromatic rings. The zero-order valence-electron chi connectivity index (χ0n) is 13.2. The molecule has 0 spiro atoms. The molecule has 24 heavy (non-hydrogen) atoms. The molecular weight excluding hydrogens is 310 g/mol. The molecule has 5 unspecified atom stereocenters. The molecule has 4 nitrogen and oxygen atoms in total. The zero-order valence-corrected chi connectivity index (χ0v) is 13.2. The van der Waals surface area contributed by atoms with Crippen molar-refractivity contribution >= 4 is 5.57 Å². The quantitative estimate of drug-likeness (QED) is 0.627. The Labute approximate surface area is 139 Å². The zero-order chi connectivity index (χ0) is 16.3. The molecule has 0 amide bonds. The molecule has 3 heterocycles. The Morgan fingerprint density at radius 1 is 1.12 bits per heavy atom. The molecule has 0 aromatic heterocycles. The van der Waals surface area contributed by atoms with E-state index in [1.807, 2.05) is 6.08 Å². The summed E-state index contributed by atoms with van der Waals surface area (Å²) in [6, 6.07) is 4.73. The number of hydrogen-bond donors (Lipinski definition) is 4. The number of hydrazine groups is 1. The highest BCUT2D eigenvalue weighted by Gasteiger charge is 2.49. The van der Waals surface area contributed by atoms with Crippen molar-refractivity contribution in [1.82, 2.24) is 21.5 Å². The Bertz CT molecular complexity index is 724. The number of allylic oxidation sites excluding steroid dienone is 1. The molecule has 3 aliphatic heterocycles. The number of hydrogen-bond acceptors (Lipinski definition) is 4. The first-order valence-electron chi connectivity index (χ1n) is 8.55. The van der Waals surface area contributed by atoms with E-state index in [1.165, 1.54) is 23.8 Å². The van der Waals surface area contributed by atoms with Crippen LogP contribution in [0.2, 0.25) is 0 Å². The fraction of sp³-hybridized carbons (Fsp3) is 0.444. The van der Waals surface area contributed by atoms with E-state index in [0.717, 1.165) is 25.1 Å². The minimum atomic E-state index is -0.482. The first-order chi connectivity index (χ1) is 11.7. The Morgan fingerprint density at radius 2 is 1.96 bits per heavy atom. The maximum absolute atomic E-state index is 14.3. The van der Waals surface area contributed by atoms with Gasteiger partial charge < -0.3 is 10.6 Å². The molecule has 4 aliphatic rings. The largest absolute Gasteiger partial charge is 0.385 e. The maximum Gasteiger partial charge on any atom is 0.133 e. The van der Waals surface area contributed by atoms with E-state index in [9.17, 15) is 8.78 Å². The molecule has 0 bridgehead atoms. The van der Waals surface area contributed by atoms with Gasteiger partial charge in [0.05, 0.1) is 11.6 Å². The predicted octanol–water partition coefficient (Wildman–Crippen LogP) is 1.29. The fourth-order valence-corrected chi connectivity index (χ4v) is 4.89. The van der Waals surface area contributed by atoms with Gasteiger partial charge in [0.1, 0.15) is 11.6 Å². The van der Waals surface area contributed by atoms with E-state index < -0.39 is 11.6 Å². The maximum atomic E-state index is 14.3. The van der Waals surface area contributed by atoms with Crippen LogP contribution in [0.15, 0.2) is 36.0 Å². The SMILES string of the molecule is Fc1cccc(F)c1C1=CCC2C3NNCC3NC=C3CNC1C32. The molecule has 0 saturated carbocycles. The smallest absolute Gasteiger partial charge is 0.133 e. The Morgan fingerprint density at radius 3 is 2.79 bits per heavy atom. The third-order valence-electron chi connectivity index (χ3n) is 5.94. The minimum Gasteiger partial charge on any atom is -0.385 e. The number of nitrogens with one attached hydrogen (secondary N) is 4. The lowest BCUT2D eigenvalue weighted by atomic mass is 9.70. The molecule has 0 radical (unpaired) electrons. The van der Waals surface area contributed by atoms with Gasteiger partial charge in [-0.3, -0.25) is 10.9 Å². The van der Waals surface area contributed by atoms with Gasteiger partial charge in [0, 0.05) is 31.1 Å². The monoisotopic (exact) mass is 330 g/mol. The number of rotatable bonds is 1. The van der Waals surface area contributed by atoms with Crippen LogP contribution in [0.1, 0.15) is 12.0 Å². The Kier molecular flexibility index (Phi) is 3.26. The van der Waals surface area contributed by atoms with Crippen molar-refractivity contribution in [2.45, 2.75) is 24.5 Å². The molecule has 126 valence electrons. The summed E-state index contributed by atoms with van der Waals surface area (Å²) in [4.78, 5) is 0. The van der Waals surface area contributed by atoms with Crippen LogP contribution >= 0.6 is 0 Å². The van der Waals surface area contributed by atoms with Crippen LogP contribution in [0.3, 0.4) is 0 Å². The van der Waals surface area contributed by atoms with Crippen molar-refractivity contribution in [1.29, 1.82) is 0 Å². The summed E-state index contributed by atoms with van der Waals surface area (Å²) in [7, 11) is 0. The fourth-order valence-electron chi connectivity index (χ4n) is 4.89. The van der Waals surface area contributed by atoms with Crippen LogP contribution in [0.25, 0.3) is 5.57 Å². The normalized spacial score (nSPS) is 37.0. The van der Waals surface area contributed by atoms with E-state index in [0.29, 0.717) is 18.0 Å². The Hall–Kier alpha value is -1.76. The van der Waals surface area contributed by atoms with Crippen molar-refractivity contribution in [3.63, 3.8) is 0 Å². The van der Waals surface area contributed by atoms with Gasteiger partial charge in [0.15, 0.2) is 0 Å². The van der Waals surface area contributed by atoms with Crippen molar-refractivity contribution in [2.75, 3.05) is 13.1 Å². The van der Waals surface area contributed by atoms with Gasteiger partial charge in [0.2, 0.25) is 0 Å². The lowest BCUT2D eigenvalue weighted by Crippen LogP contribution is -2.49. The second-order valence-electron chi connectivity index (χ2n) is 7.08. The highest BCUT2D eigenvalue weighted by Crippen LogP contribution is 2.45. The van der Waals surface area contributed by atoms with Crippen LogP contribution in [-0.2, 0) is 0 Å². The standard InChI is InChI=1S/C18H20F2N4/c19-12-2-1-3-13(20)16(12)11-5-4-10-15-9(7-22-18(11)15)6-21-14-8-23-24-17(10)14/h1-3,5-6,10,14-15,17-18,21-24H,4,7-8H2. The summed E-state index contributed by atoms with van der Waals surface area (Å²) < 4.78 is 28.6. The van der Waals surface area contributed by atoms with Gasteiger partial charge in [-0.05, 0) is 41.8 Å². The molecule has 6 heteroatoms. The average Bonchev–Trinajstić information content (AvgIpc) is 3.17. The van der Waals surface area contributed by atoms with Crippen LogP contribution in [0.5, 0.6) is 0 Å². The lowest BCUT2D eigenvalue weighted by Gasteiger charge is -2.37. The topological polar surface area (TPSA) is 48.1 Å². The number of fused-ring (bicyclic) bond motifs is 2. The molecule has 5 atom stereocenters. The lowest BCUT2D eigenvalue weighted by molar-refractivity contribution is 0.264. The molecule has 2 fully saturated rings. The third kappa shape index (κ3) is 2.00. The molecular formula is C18H20F2N4. The summed E-state index contributed by atoms with van der Waals surface area (Å²) in [6.07, 6.45) is 4.97. The summed E-state index contributed by atoms with van der Waals surface area (Å²) >= 11 is 0. The van der Waals surface area contributed by atoms with Crippen molar-refractivity contribution in [3.05, 3.63) is 53.2 Å². The van der Waals surface area contributed by atoms with E-state index in [2.05, 4.69) is 27.7 Å². The van der Waals surface area contributed by atoms with Crippen LogP contribution < -0.4 is 21.5 Å². The van der Waals surface area contributed by atoms with Crippen LogP contribution in [0.4, 0.5) is 8.78 Å². The van der Waals surface area contributed by atoms with Crippen molar-refractivity contribution in [2.24, 2.45) is 11.8 Å². The second kappa shape index (κ2) is 5.37. The molecule has 1 aliphatic carbocycles. The molecule has 1 aromatic carbocycles. The van der Waals surface area contributed by atoms with Gasteiger partial charge in [-0.25, -0.2) is 8.78 Å². The highest BCUT2D eigenvalue weighted by molar-refractivity contribution is 5.73. The molecule has 2 saturated heterocycles. The van der Waals surface area contributed by atoms with E-state index in [4.69, 9.17) is 0 Å². The molecule has 4 N–H and O–H groups in total. The van der Waals surface area contributed by atoms with Gasteiger partial charge >= 0.3 is 0 Å². The first kappa shape index (κ1) is 14.6. The summed E-state index contributed by atoms with van der Waals surface area (Å²) in [5.74, 6) is -0.294. The van der Waals surface area contributed by atoms with Gasteiger partial charge in [0.25, 0.3) is 0 Å². The number of halogens is 2.